The molecular formula is C23H25ClN4O3. The van der Waals surface area contributed by atoms with Crippen LogP contribution in [-0.2, 0) is 6.54 Å². The summed E-state index contributed by atoms with van der Waals surface area (Å²) in [5, 5.41) is 11.4. The molecule has 0 saturated heterocycles. The van der Waals surface area contributed by atoms with Crippen LogP contribution in [0.25, 0.3) is 10.8 Å². The Morgan fingerprint density at radius 1 is 0.935 bits per heavy atom. The van der Waals surface area contributed by atoms with E-state index in [-0.39, 0.29) is 36.2 Å². The normalized spacial score (nSPS) is 10.8. The van der Waals surface area contributed by atoms with Gasteiger partial charge in [0.2, 0.25) is 0 Å². The zero-order valence-electron chi connectivity index (χ0n) is 17.4. The van der Waals surface area contributed by atoms with Gasteiger partial charge in [-0.05, 0) is 36.8 Å². The van der Waals surface area contributed by atoms with Crippen LogP contribution in [0.1, 0.15) is 47.0 Å². The number of hydrogen-bond donors (Lipinski definition) is 2. The van der Waals surface area contributed by atoms with Gasteiger partial charge < -0.3 is 10.6 Å². The molecule has 0 spiro atoms. The van der Waals surface area contributed by atoms with Crippen molar-refractivity contribution in [3.8, 4) is 0 Å². The van der Waals surface area contributed by atoms with Crippen LogP contribution in [0.2, 0.25) is 5.02 Å². The van der Waals surface area contributed by atoms with Crippen LogP contribution in [-0.4, -0.2) is 34.7 Å². The van der Waals surface area contributed by atoms with Crippen LogP contribution < -0.4 is 16.2 Å². The number of fused-ring (bicyclic) bond motifs is 1. The number of nitrogens with zero attached hydrogens (tertiary/aromatic N) is 2. The van der Waals surface area contributed by atoms with Crippen molar-refractivity contribution in [2.45, 2.75) is 32.7 Å². The molecule has 2 amide bonds. The molecule has 1 aromatic heterocycles. The maximum absolute atomic E-state index is 12.8. The average Bonchev–Trinajstić information content (AvgIpc) is 2.78. The number of amides is 2. The maximum atomic E-state index is 12.8. The highest BCUT2D eigenvalue weighted by Gasteiger charge is 2.16. The molecule has 3 rings (SSSR count). The van der Waals surface area contributed by atoms with E-state index < -0.39 is 0 Å². The number of aromatic nitrogens is 2. The Morgan fingerprint density at radius 3 is 2.26 bits per heavy atom. The van der Waals surface area contributed by atoms with Gasteiger partial charge >= 0.3 is 0 Å². The number of hydrogen-bond acceptors (Lipinski definition) is 4. The number of carbonyl (C=O) groups is 2. The summed E-state index contributed by atoms with van der Waals surface area (Å²) < 4.78 is 1.37. The lowest BCUT2D eigenvalue weighted by molar-refractivity contribution is 0.0924. The largest absolute Gasteiger partial charge is 0.350 e. The van der Waals surface area contributed by atoms with Gasteiger partial charge in [-0.3, -0.25) is 14.4 Å². The van der Waals surface area contributed by atoms with Crippen molar-refractivity contribution in [1.29, 1.82) is 0 Å². The number of carbonyl (C=O) groups excluding carboxylic acids is 2. The Hall–Kier alpha value is -3.19. The minimum Gasteiger partial charge on any atom is -0.350 e. The lowest BCUT2D eigenvalue weighted by Crippen LogP contribution is -2.36. The molecule has 0 aliphatic carbocycles. The van der Waals surface area contributed by atoms with Gasteiger partial charge in [0.1, 0.15) is 0 Å². The van der Waals surface area contributed by atoms with Crippen LogP contribution in [0.5, 0.6) is 0 Å². The van der Waals surface area contributed by atoms with Crippen molar-refractivity contribution < 1.29 is 9.59 Å². The SMILES string of the molecule is CCCCCn1nc(C(=O)NCCNC(=O)c2ccc(Cl)cc2)c2ccccc2c1=O. The van der Waals surface area contributed by atoms with E-state index in [9.17, 15) is 14.4 Å². The number of nitrogens with one attached hydrogen (secondary N) is 2. The Bertz CT molecular complexity index is 1130. The van der Waals surface area contributed by atoms with E-state index >= 15 is 0 Å². The first-order valence-corrected chi connectivity index (χ1v) is 10.7. The fourth-order valence-electron chi connectivity index (χ4n) is 3.21. The van der Waals surface area contributed by atoms with Crippen LogP contribution in [0.15, 0.2) is 53.3 Å². The standard InChI is InChI=1S/C23H25ClN4O3/c1-2-3-6-15-28-23(31)19-8-5-4-7-18(19)20(27-28)22(30)26-14-13-25-21(29)16-9-11-17(24)12-10-16/h4-5,7-12H,2-3,6,13-15H2,1H3,(H,25,29)(H,26,30). The number of unbranched alkanes of at least 4 members (excludes halogenated alkanes) is 2. The number of rotatable bonds is 9. The van der Waals surface area contributed by atoms with E-state index in [1.807, 2.05) is 0 Å². The van der Waals surface area contributed by atoms with E-state index in [2.05, 4.69) is 22.7 Å². The summed E-state index contributed by atoms with van der Waals surface area (Å²) in [5.74, 6) is -0.639. The average molecular weight is 441 g/mol. The van der Waals surface area contributed by atoms with Crippen molar-refractivity contribution in [3.05, 3.63) is 75.2 Å². The molecule has 162 valence electrons. The fourth-order valence-corrected chi connectivity index (χ4v) is 3.33. The molecule has 2 aromatic carbocycles. The Balaban J connectivity index is 1.67. The van der Waals surface area contributed by atoms with Gasteiger partial charge in [-0.2, -0.15) is 5.10 Å². The molecule has 0 atom stereocenters. The molecular weight excluding hydrogens is 416 g/mol. The number of aryl methyl sites for hydroxylation is 1. The van der Waals surface area contributed by atoms with E-state index in [0.717, 1.165) is 19.3 Å². The van der Waals surface area contributed by atoms with Gasteiger partial charge in [0.15, 0.2) is 5.69 Å². The first-order valence-electron chi connectivity index (χ1n) is 10.3. The third-order valence-electron chi connectivity index (χ3n) is 4.86. The first kappa shape index (κ1) is 22.5. The predicted octanol–water partition coefficient (Wildman–Crippen LogP) is 3.40. The van der Waals surface area contributed by atoms with Crippen molar-refractivity contribution in [2.24, 2.45) is 0 Å². The molecule has 0 unspecified atom stereocenters. The minimum atomic E-state index is -0.388. The smallest absolute Gasteiger partial charge is 0.274 e. The molecule has 0 radical (unpaired) electrons. The van der Waals surface area contributed by atoms with Gasteiger partial charge in [-0.25, -0.2) is 4.68 Å². The highest BCUT2D eigenvalue weighted by atomic mass is 35.5. The second-order valence-electron chi connectivity index (χ2n) is 7.15. The molecule has 0 aliphatic heterocycles. The molecule has 2 N–H and O–H groups in total. The van der Waals surface area contributed by atoms with Crippen LogP contribution in [0.4, 0.5) is 0 Å². The minimum absolute atomic E-state index is 0.196. The molecule has 0 bridgehead atoms. The van der Waals surface area contributed by atoms with E-state index in [4.69, 9.17) is 11.6 Å². The third kappa shape index (κ3) is 5.70. The fraction of sp³-hybridized carbons (Fsp3) is 0.304. The summed E-state index contributed by atoms with van der Waals surface area (Å²) in [7, 11) is 0. The molecule has 0 aliphatic rings. The summed E-state index contributed by atoms with van der Waals surface area (Å²) in [6.07, 6.45) is 2.83. The molecule has 0 fully saturated rings. The van der Waals surface area contributed by atoms with Crippen molar-refractivity contribution in [2.75, 3.05) is 13.1 Å². The molecule has 7 nitrogen and oxygen atoms in total. The van der Waals surface area contributed by atoms with Crippen LogP contribution in [0.3, 0.4) is 0 Å². The first-order chi connectivity index (χ1) is 15.0. The highest BCUT2D eigenvalue weighted by molar-refractivity contribution is 6.30. The van der Waals surface area contributed by atoms with Crippen molar-refractivity contribution in [1.82, 2.24) is 20.4 Å². The Kier molecular flexibility index (Phi) is 7.78. The monoisotopic (exact) mass is 440 g/mol. The second kappa shape index (κ2) is 10.7. The lowest BCUT2D eigenvalue weighted by atomic mass is 10.1. The van der Waals surface area contributed by atoms with Crippen LogP contribution >= 0.6 is 11.6 Å². The Morgan fingerprint density at radius 2 is 1.58 bits per heavy atom. The highest BCUT2D eigenvalue weighted by Crippen LogP contribution is 2.13. The molecule has 3 aromatic rings. The molecule has 0 saturated carbocycles. The van der Waals surface area contributed by atoms with Crippen molar-refractivity contribution in [3.63, 3.8) is 0 Å². The Labute approximate surface area is 185 Å². The summed E-state index contributed by atoms with van der Waals surface area (Å²) in [5.41, 5.74) is 0.497. The lowest BCUT2D eigenvalue weighted by Gasteiger charge is -2.11. The third-order valence-corrected chi connectivity index (χ3v) is 5.11. The number of halogens is 1. The summed E-state index contributed by atoms with van der Waals surface area (Å²) >= 11 is 5.83. The maximum Gasteiger partial charge on any atom is 0.274 e. The van der Waals surface area contributed by atoms with Gasteiger partial charge in [-0.15, -0.1) is 0 Å². The predicted molar refractivity (Wildman–Crippen MR) is 122 cm³/mol. The van der Waals surface area contributed by atoms with E-state index in [0.29, 0.717) is 27.9 Å². The summed E-state index contributed by atoms with van der Waals surface area (Å²) in [4.78, 5) is 37.6. The second-order valence-corrected chi connectivity index (χ2v) is 7.58. The van der Waals surface area contributed by atoms with Gasteiger partial charge in [0.05, 0.1) is 5.39 Å². The van der Waals surface area contributed by atoms with Gasteiger partial charge in [0.25, 0.3) is 17.4 Å². The zero-order valence-corrected chi connectivity index (χ0v) is 18.1. The molecule has 31 heavy (non-hydrogen) atoms. The summed E-state index contributed by atoms with van der Waals surface area (Å²) in [6, 6.07) is 13.5. The molecule has 1 heterocycles. The zero-order chi connectivity index (χ0) is 22.2. The van der Waals surface area contributed by atoms with Gasteiger partial charge in [-0.1, -0.05) is 49.6 Å². The van der Waals surface area contributed by atoms with Crippen LogP contribution in [0, 0.1) is 0 Å². The van der Waals surface area contributed by atoms with Crippen molar-refractivity contribution >= 4 is 34.2 Å². The van der Waals surface area contributed by atoms with Gasteiger partial charge in [0, 0.05) is 35.6 Å². The molecule has 8 heteroatoms. The van der Waals surface area contributed by atoms with E-state index in [1.165, 1.54) is 4.68 Å². The van der Waals surface area contributed by atoms with E-state index in [1.54, 1.807) is 48.5 Å². The topological polar surface area (TPSA) is 93.1 Å². The quantitative estimate of drug-likeness (QED) is 0.499. The summed E-state index contributed by atoms with van der Waals surface area (Å²) in [6.45, 7) is 3.03. The number of benzene rings is 2.